The topological polar surface area (TPSA) is 20.2 Å². The molecule has 3 rings (SSSR count). The summed E-state index contributed by atoms with van der Waals surface area (Å²) in [7, 11) is 0. The van der Waals surface area contributed by atoms with Crippen LogP contribution < -0.4 is 0 Å². The fraction of sp³-hybridized carbons (Fsp3) is 0.143. The minimum atomic E-state index is 0.125. The van der Waals surface area contributed by atoms with Crippen molar-refractivity contribution in [2.45, 2.75) is 13.5 Å². The van der Waals surface area contributed by atoms with Crippen molar-refractivity contribution in [3.8, 4) is 10.4 Å². The number of benzene rings is 1. The SMILES string of the molecule is Cc1ccc2sc(-c3ccsc3CO)cc2c1. The zero-order chi connectivity index (χ0) is 11.8. The van der Waals surface area contributed by atoms with Crippen molar-refractivity contribution >= 4 is 32.8 Å². The Bertz CT molecular complexity index is 664. The molecule has 0 aliphatic heterocycles. The first kappa shape index (κ1) is 11.0. The molecule has 0 radical (unpaired) electrons. The van der Waals surface area contributed by atoms with Crippen LogP contribution in [-0.4, -0.2) is 5.11 Å². The maximum Gasteiger partial charge on any atom is 0.0780 e. The molecule has 0 saturated heterocycles. The van der Waals surface area contributed by atoms with Crippen molar-refractivity contribution in [3.63, 3.8) is 0 Å². The van der Waals surface area contributed by atoms with E-state index in [1.165, 1.54) is 26.1 Å². The average Bonchev–Trinajstić information content (AvgIpc) is 2.93. The second-order valence-electron chi connectivity index (χ2n) is 4.07. The van der Waals surface area contributed by atoms with E-state index in [0.29, 0.717) is 0 Å². The van der Waals surface area contributed by atoms with E-state index in [9.17, 15) is 5.11 Å². The van der Waals surface area contributed by atoms with Gasteiger partial charge in [-0.05, 0) is 35.9 Å². The summed E-state index contributed by atoms with van der Waals surface area (Å²) in [5, 5.41) is 12.6. The lowest BCUT2D eigenvalue weighted by molar-refractivity contribution is 0.286. The van der Waals surface area contributed by atoms with Gasteiger partial charge in [0.15, 0.2) is 0 Å². The van der Waals surface area contributed by atoms with Crippen LogP contribution in [0.15, 0.2) is 35.7 Å². The first-order valence-electron chi connectivity index (χ1n) is 5.46. The Hall–Kier alpha value is -1.16. The molecule has 2 heterocycles. The summed E-state index contributed by atoms with van der Waals surface area (Å²) in [5.74, 6) is 0. The second kappa shape index (κ2) is 4.26. The maximum atomic E-state index is 9.30. The normalized spacial score (nSPS) is 11.2. The molecule has 0 aliphatic carbocycles. The molecule has 0 atom stereocenters. The molecule has 0 aliphatic rings. The second-order valence-corrected chi connectivity index (χ2v) is 6.15. The minimum absolute atomic E-state index is 0.125. The van der Waals surface area contributed by atoms with E-state index in [2.05, 4.69) is 37.3 Å². The Kier molecular flexibility index (Phi) is 2.74. The third-order valence-corrected chi connectivity index (χ3v) is 4.88. The summed E-state index contributed by atoms with van der Waals surface area (Å²) < 4.78 is 1.31. The van der Waals surface area contributed by atoms with Gasteiger partial charge in [-0.15, -0.1) is 22.7 Å². The molecule has 3 heteroatoms. The van der Waals surface area contributed by atoms with Gasteiger partial charge in [0.05, 0.1) is 6.61 Å². The van der Waals surface area contributed by atoms with E-state index < -0.39 is 0 Å². The van der Waals surface area contributed by atoms with Gasteiger partial charge < -0.3 is 5.11 Å². The first-order chi connectivity index (χ1) is 8.28. The van der Waals surface area contributed by atoms with Gasteiger partial charge >= 0.3 is 0 Å². The predicted molar refractivity (Wildman–Crippen MR) is 75.8 cm³/mol. The lowest BCUT2D eigenvalue weighted by atomic mass is 10.1. The van der Waals surface area contributed by atoms with Crippen LogP contribution in [0.5, 0.6) is 0 Å². The van der Waals surface area contributed by atoms with Crippen molar-refractivity contribution in [2.75, 3.05) is 0 Å². The zero-order valence-electron chi connectivity index (χ0n) is 9.43. The third-order valence-electron chi connectivity index (χ3n) is 2.83. The number of rotatable bonds is 2. The van der Waals surface area contributed by atoms with E-state index in [1.807, 2.05) is 5.38 Å². The molecule has 0 unspecified atom stereocenters. The van der Waals surface area contributed by atoms with Crippen molar-refractivity contribution in [2.24, 2.45) is 0 Å². The molecular weight excluding hydrogens is 248 g/mol. The van der Waals surface area contributed by atoms with Crippen LogP contribution in [0, 0.1) is 6.92 Å². The maximum absolute atomic E-state index is 9.30. The van der Waals surface area contributed by atoms with Gasteiger partial charge in [0.25, 0.3) is 0 Å². The molecule has 0 spiro atoms. The number of aryl methyl sites for hydroxylation is 1. The Balaban J connectivity index is 2.18. The summed E-state index contributed by atoms with van der Waals surface area (Å²) in [4.78, 5) is 2.30. The van der Waals surface area contributed by atoms with E-state index in [-0.39, 0.29) is 6.61 Å². The molecule has 0 bridgehead atoms. The van der Waals surface area contributed by atoms with Gasteiger partial charge in [-0.2, -0.15) is 0 Å². The van der Waals surface area contributed by atoms with E-state index in [0.717, 1.165) is 4.88 Å². The number of aliphatic hydroxyl groups excluding tert-OH is 1. The predicted octanol–water partition coefficient (Wildman–Crippen LogP) is 4.43. The average molecular weight is 260 g/mol. The van der Waals surface area contributed by atoms with Crippen LogP contribution in [0.3, 0.4) is 0 Å². The van der Waals surface area contributed by atoms with Crippen LogP contribution in [0.1, 0.15) is 10.4 Å². The van der Waals surface area contributed by atoms with E-state index in [1.54, 1.807) is 22.7 Å². The van der Waals surface area contributed by atoms with Gasteiger partial charge in [0.1, 0.15) is 0 Å². The molecule has 3 aromatic rings. The summed E-state index contributed by atoms with van der Waals surface area (Å²) in [6.45, 7) is 2.24. The van der Waals surface area contributed by atoms with Crippen LogP contribution in [-0.2, 0) is 6.61 Å². The highest BCUT2D eigenvalue weighted by Gasteiger charge is 2.09. The minimum Gasteiger partial charge on any atom is -0.391 e. The standard InChI is InChI=1S/C14H12OS2/c1-9-2-3-12-10(6-9)7-13(17-12)11-4-5-16-14(11)8-15/h2-7,15H,8H2,1H3. The number of hydrogen-bond donors (Lipinski definition) is 1. The molecule has 2 aromatic heterocycles. The zero-order valence-corrected chi connectivity index (χ0v) is 11.1. The molecule has 0 saturated carbocycles. The monoisotopic (exact) mass is 260 g/mol. The van der Waals surface area contributed by atoms with Crippen molar-refractivity contribution in [1.29, 1.82) is 0 Å². The molecule has 1 N–H and O–H groups in total. The summed E-state index contributed by atoms with van der Waals surface area (Å²) in [5.41, 5.74) is 2.46. The van der Waals surface area contributed by atoms with E-state index >= 15 is 0 Å². The molecular formula is C14H12OS2. The van der Waals surface area contributed by atoms with Crippen LogP contribution in [0.2, 0.25) is 0 Å². The van der Waals surface area contributed by atoms with Crippen molar-refractivity contribution in [3.05, 3.63) is 46.2 Å². The molecule has 0 fully saturated rings. The number of aliphatic hydroxyl groups is 1. The van der Waals surface area contributed by atoms with Gasteiger partial charge in [0.2, 0.25) is 0 Å². The molecule has 86 valence electrons. The Labute approximate surface area is 108 Å². The van der Waals surface area contributed by atoms with Gasteiger partial charge in [-0.25, -0.2) is 0 Å². The first-order valence-corrected chi connectivity index (χ1v) is 7.15. The number of thiophene rings is 2. The van der Waals surface area contributed by atoms with Crippen LogP contribution >= 0.6 is 22.7 Å². The highest BCUT2D eigenvalue weighted by atomic mass is 32.1. The fourth-order valence-electron chi connectivity index (χ4n) is 1.98. The van der Waals surface area contributed by atoms with E-state index in [4.69, 9.17) is 0 Å². The molecule has 1 aromatic carbocycles. The molecule has 0 amide bonds. The summed E-state index contributed by atoms with van der Waals surface area (Å²) in [6, 6.07) is 10.8. The smallest absolute Gasteiger partial charge is 0.0780 e. The van der Waals surface area contributed by atoms with Gasteiger partial charge in [0, 0.05) is 20.0 Å². The van der Waals surface area contributed by atoms with Gasteiger partial charge in [-0.3, -0.25) is 0 Å². The summed E-state index contributed by atoms with van der Waals surface area (Å²) >= 11 is 3.40. The third kappa shape index (κ3) is 1.90. The van der Waals surface area contributed by atoms with Crippen LogP contribution in [0.4, 0.5) is 0 Å². The highest BCUT2D eigenvalue weighted by Crippen LogP contribution is 2.37. The fourth-order valence-corrected chi connectivity index (χ4v) is 3.89. The lowest BCUT2D eigenvalue weighted by Gasteiger charge is -1.95. The Morgan fingerprint density at radius 3 is 2.88 bits per heavy atom. The van der Waals surface area contributed by atoms with Gasteiger partial charge in [-0.1, -0.05) is 17.7 Å². The highest BCUT2D eigenvalue weighted by molar-refractivity contribution is 7.22. The lowest BCUT2D eigenvalue weighted by Crippen LogP contribution is -1.78. The van der Waals surface area contributed by atoms with Crippen molar-refractivity contribution < 1.29 is 5.11 Å². The number of fused-ring (bicyclic) bond motifs is 1. The summed E-state index contributed by atoms with van der Waals surface area (Å²) in [6.07, 6.45) is 0. The number of hydrogen-bond acceptors (Lipinski definition) is 3. The Morgan fingerprint density at radius 2 is 2.06 bits per heavy atom. The quantitative estimate of drug-likeness (QED) is 0.722. The van der Waals surface area contributed by atoms with Crippen LogP contribution in [0.25, 0.3) is 20.5 Å². The van der Waals surface area contributed by atoms with Crippen molar-refractivity contribution in [1.82, 2.24) is 0 Å². The molecule has 17 heavy (non-hydrogen) atoms. The Morgan fingerprint density at radius 1 is 1.18 bits per heavy atom. The largest absolute Gasteiger partial charge is 0.391 e. The molecule has 1 nitrogen and oxygen atoms in total.